The Balaban J connectivity index is 1.77. The molecule has 1 aliphatic rings. The molecule has 1 aromatic rings. The van der Waals surface area contributed by atoms with Gasteiger partial charge in [0.15, 0.2) is 0 Å². The van der Waals surface area contributed by atoms with Crippen molar-refractivity contribution < 1.29 is 4.79 Å². The molecule has 1 aromatic carbocycles. The Kier molecular flexibility index (Phi) is 4.81. The molecule has 1 saturated heterocycles. The number of hydrogen-bond acceptors (Lipinski definition) is 5. The van der Waals surface area contributed by atoms with E-state index in [-0.39, 0.29) is 5.91 Å². The summed E-state index contributed by atoms with van der Waals surface area (Å²) >= 11 is 0. The highest BCUT2D eigenvalue weighted by atomic mass is 16.1. The molecule has 0 saturated carbocycles. The SMILES string of the molecule is CN1CCN(CCNC(=O)c2cc(N)cc(N)c2)CC1. The summed E-state index contributed by atoms with van der Waals surface area (Å²) in [6.07, 6.45) is 0. The molecular weight excluding hydrogens is 254 g/mol. The highest BCUT2D eigenvalue weighted by Gasteiger charge is 2.13. The zero-order valence-corrected chi connectivity index (χ0v) is 11.9. The third-order valence-corrected chi connectivity index (χ3v) is 3.55. The maximum absolute atomic E-state index is 12.0. The van der Waals surface area contributed by atoms with Crippen LogP contribution in [0.4, 0.5) is 11.4 Å². The molecule has 0 aromatic heterocycles. The Morgan fingerprint density at radius 3 is 2.35 bits per heavy atom. The van der Waals surface area contributed by atoms with E-state index < -0.39 is 0 Å². The summed E-state index contributed by atoms with van der Waals surface area (Å²) in [5, 5.41) is 2.91. The summed E-state index contributed by atoms with van der Waals surface area (Å²) in [5.41, 5.74) is 12.9. The minimum Gasteiger partial charge on any atom is -0.399 e. The van der Waals surface area contributed by atoms with Gasteiger partial charge in [-0.1, -0.05) is 0 Å². The van der Waals surface area contributed by atoms with Crippen LogP contribution in [-0.4, -0.2) is 62.0 Å². The topological polar surface area (TPSA) is 87.6 Å². The Morgan fingerprint density at radius 1 is 1.15 bits per heavy atom. The number of amides is 1. The molecule has 6 nitrogen and oxygen atoms in total. The maximum Gasteiger partial charge on any atom is 0.251 e. The molecule has 0 unspecified atom stereocenters. The molecule has 0 spiro atoms. The predicted molar refractivity (Wildman–Crippen MR) is 81.5 cm³/mol. The van der Waals surface area contributed by atoms with E-state index in [1.165, 1.54) is 0 Å². The second-order valence-corrected chi connectivity index (χ2v) is 5.29. The van der Waals surface area contributed by atoms with Crippen molar-refractivity contribution in [3.8, 4) is 0 Å². The largest absolute Gasteiger partial charge is 0.399 e. The number of nitrogens with zero attached hydrogens (tertiary/aromatic N) is 2. The summed E-state index contributed by atoms with van der Waals surface area (Å²) < 4.78 is 0. The smallest absolute Gasteiger partial charge is 0.251 e. The molecule has 0 aliphatic carbocycles. The van der Waals surface area contributed by atoms with Crippen LogP contribution in [0.1, 0.15) is 10.4 Å². The van der Waals surface area contributed by atoms with Gasteiger partial charge in [0.05, 0.1) is 0 Å². The van der Waals surface area contributed by atoms with Crippen LogP contribution in [-0.2, 0) is 0 Å². The summed E-state index contributed by atoms with van der Waals surface area (Å²) in [5.74, 6) is -0.127. The molecule has 1 fully saturated rings. The third kappa shape index (κ3) is 4.11. The van der Waals surface area contributed by atoms with Gasteiger partial charge in [0.2, 0.25) is 0 Å². The van der Waals surface area contributed by atoms with Crippen molar-refractivity contribution in [2.24, 2.45) is 0 Å². The molecule has 0 radical (unpaired) electrons. The zero-order chi connectivity index (χ0) is 14.5. The lowest BCUT2D eigenvalue weighted by Gasteiger charge is -2.32. The standard InChI is InChI=1S/C14H23N5O/c1-18-4-6-19(7-5-18)3-2-17-14(20)11-8-12(15)10-13(16)9-11/h8-10H,2-7,15-16H2,1H3,(H,17,20). The van der Waals surface area contributed by atoms with Crippen LogP contribution in [0.2, 0.25) is 0 Å². The molecule has 2 rings (SSSR count). The first-order chi connectivity index (χ1) is 9.54. The molecule has 0 bridgehead atoms. The first kappa shape index (κ1) is 14.6. The average Bonchev–Trinajstić information content (AvgIpc) is 2.40. The molecule has 110 valence electrons. The van der Waals surface area contributed by atoms with Gasteiger partial charge in [-0.15, -0.1) is 0 Å². The number of carbonyl (C=O) groups is 1. The number of likely N-dealkylation sites (N-methyl/N-ethyl adjacent to an activating group) is 1. The molecule has 1 heterocycles. The molecule has 20 heavy (non-hydrogen) atoms. The van der Waals surface area contributed by atoms with Crippen molar-refractivity contribution in [3.05, 3.63) is 23.8 Å². The van der Waals surface area contributed by atoms with Crippen LogP contribution in [0.25, 0.3) is 0 Å². The van der Waals surface area contributed by atoms with Gasteiger partial charge < -0.3 is 21.7 Å². The van der Waals surface area contributed by atoms with Crippen molar-refractivity contribution >= 4 is 17.3 Å². The van der Waals surface area contributed by atoms with Gasteiger partial charge in [0, 0.05) is 56.2 Å². The number of benzene rings is 1. The number of rotatable bonds is 4. The van der Waals surface area contributed by atoms with Crippen LogP contribution < -0.4 is 16.8 Å². The van der Waals surface area contributed by atoms with Gasteiger partial charge in [0.1, 0.15) is 0 Å². The van der Waals surface area contributed by atoms with E-state index in [2.05, 4.69) is 22.2 Å². The quantitative estimate of drug-likeness (QED) is 0.665. The third-order valence-electron chi connectivity index (χ3n) is 3.55. The van der Waals surface area contributed by atoms with Gasteiger partial charge >= 0.3 is 0 Å². The fraction of sp³-hybridized carbons (Fsp3) is 0.500. The predicted octanol–water partition coefficient (Wildman–Crippen LogP) is -0.172. The molecule has 5 N–H and O–H groups in total. The van der Waals surface area contributed by atoms with Gasteiger partial charge in [-0.3, -0.25) is 9.69 Å². The van der Waals surface area contributed by atoms with Crippen molar-refractivity contribution in [1.29, 1.82) is 0 Å². The minimum absolute atomic E-state index is 0.127. The summed E-state index contributed by atoms with van der Waals surface area (Å²) in [6, 6.07) is 4.92. The van der Waals surface area contributed by atoms with Gasteiger partial charge in [-0.2, -0.15) is 0 Å². The second-order valence-electron chi connectivity index (χ2n) is 5.29. The van der Waals surface area contributed by atoms with Crippen molar-refractivity contribution in [1.82, 2.24) is 15.1 Å². The van der Waals surface area contributed by atoms with E-state index in [1.807, 2.05) is 0 Å². The van der Waals surface area contributed by atoms with E-state index in [0.29, 0.717) is 23.5 Å². The number of piperazine rings is 1. The van der Waals surface area contributed by atoms with E-state index in [1.54, 1.807) is 18.2 Å². The second kappa shape index (κ2) is 6.58. The molecule has 1 amide bonds. The number of hydrogen-bond donors (Lipinski definition) is 3. The number of carbonyl (C=O) groups excluding carboxylic acids is 1. The molecule has 1 aliphatic heterocycles. The van der Waals surface area contributed by atoms with Gasteiger partial charge in [-0.05, 0) is 25.2 Å². The maximum atomic E-state index is 12.0. The highest BCUT2D eigenvalue weighted by molar-refractivity contribution is 5.96. The zero-order valence-electron chi connectivity index (χ0n) is 11.9. The Labute approximate surface area is 119 Å². The van der Waals surface area contributed by atoms with Crippen LogP contribution in [0.3, 0.4) is 0 Å². The van der Waals surface area contributed by atoms with E-state index in [4.69, 9.17) is 11.5 Å². The highest BCUT2D eigenvalue weighted by Crippen LogP contribution is 2.13. The van der Waals surface area contributed by atoms with Gasteiger partial charge in [-0.25, -0.2) is 0 Å². The summed E-state index contributed by atoms with van der Waals surface area (Å²) in [6.45, 7) is 5.78. The fourth-order valence-corrected chi connectivity index (χ4v) is 2.31. The van der Waals surface area contributed by atoms with E-state index in [9.17, 15) is 4.79 Å². The fourth-order valence-electron chi connectivity index (χ4n) is 2.31. The van der Waals surface area contributed by atoms with E-state index in [0.717, 1.165) is 32.7 Å². The molecule has 6 heteroatoms. The monoisotopic (exact) mass is 277 g/mol. The Bertz CT molecular complexity index is 448. The minimum atomic E-state index is -0.127. The first-order valence-corrected chi connectivity index (χ1v) is 6.90. The normalized spacial score (nSPS) is 17.1. The lowest BCUT2D eigenvalue weighted by Crippen LogP contribution is -2.46. The molecule has 0 atom stereocenters. The van der Waals surface area contributed by atoms with Crippen LogP contribution in [0, 0.1) is 0 Å². The van der Waals surface area contributed by atoms with Crippen molar-refractivity contribution in [2.75, 3.05) is 57.8 Å². The lowest BCUT2D eigenvalue weighted by molar-refractivity contribution is 0.0941. The summed E-state index contributed by atoms with van der Waals surface area (Å²) in [4.78, 5) is 16.7. The number of nitrogens with one attached hydrogen (secondary N) is 1. The number of nitrogen functional groups attached to an aromatic ring is 2. The average molecular weight is 277 g/mol. The number of anilines is 2. The number of nitrogens with two attached hydrogens (primary N) is 2. The van der Waals surface area contributed by atoms with Crippen LogP contribution >= 0.6 is 0 Å². The Morgan fingerprint density at radius 2 is 1.75 bits per heavy atom. The molecular formula is C14H23N5O. The Hall–Kier alpha value is -1.79. The van der Waals surface area contributed by atoms with E-state index >= 15 is 0 Å². The van der Waals surface area contributed by atoms with Crippen LogP contribution in [0.5, 0.6) is 0 Å². The lowest BCUT2D eigenvalue weighted by atomic mass is 10.1. The van der Waals surface area contributed by atoms with Gasteiger partial charge in [0.25, 0.3) is 5.91 Å². The van der Waals surface area contributed by atoms with Crippen LogP contribution in [0.15, 0.2) is 18.2 Å². The summed E-state index contributed by atoms with van der Waals surface area (Å²) in [7, 11) is 2.13. The van der Waals surface area contributed by atoms with Crippen molar-refractivity contribution in [3.63, 3.8) is 0 Å². The first-order valence-electron chi connectivity index (χ1n) is 6.90. The van der Waals surface area contributed by atoms with Crippen molar-refractivity contribution in [2.45, 2.75) is 0 Å².